The summed E-state index contributed by atoms with van der Waals surface area (Å²) in [5.41, 5.74) is -1.21. The molecule has 1 unspecified atom stereocenters. The Morgan fingerprint density at radius 3 is 2.44 bits per heavy atom. The molecule has 1 N–H and O–H groups in total. The number of nitrogens with zero attached hydrogens (tertiary/aromatic N) is 1. The van der Waals surface area contributed by atoms with Crippen molar-refractivity contribution in [3.63, 3.8) is 0 Å². The van der Waals surface area contributed by atoms with Crippen molar-refractivity contribution in [2.75, 3.05) is 32.9 Å². The number of benzene rings is 1. The molecule has 0 radical (unpaired) electrons. The Morgan fingerprint density at radius 1 is 1.20 bits per heavy atom. The maximum Gasteiger partial charge on any atom is 0.134 e. The zero-order valence-corrected chi connectivity index (χ0v) is 15.1. The number of β-amino-alcohol motifs (C(OH)–C–C–N with tert-alkyl or cyclic N) is 1. The largest absolute Gasteiger partial charge is 0.490 e. The van der Waals surface area contributed by atoms with Crippen molar-refractivity contribution in [2.24, 2.45) is 0 Å². The Morgan fingerprint density at radius 2 is 1.84 bits per heavy atom. The van der Waals surface area contributed by atoms with Gasteiger partial charge in [-0.25, -0.2) is 8.78 Å². The Balaban J connectivity index is 2.03. The van der Waals surface area contributed by atoms with Gasteiger partial charge in [0.15, 0.2) is 0 Å². The monoisotopic (exact) mass is 357 g/mol. The summed E-state index contributed by atoms with van der Waals surface area (Å²) >= 11 is 0. The second-order valence-electron chi connectivity index (χ2n) is 6.87. The van der Waals surface area contributed by atoms with E-state index in [-0.39, 0.29) is 19.0 Å². The van der Waals surface area contributed by atoms with Gasteiger partial charge in [-0.15, -0.1) is 0 Å². The highest BCUT2D eigenvalue weighted by molar-refractivity contribution is 5.24. The average molecular weight is 357 g/mol. The molecule has 4 nitrogen and oxygen atoms in total. The van der Waals surface area contributed by atoms with Gasteiger partial charge in [-0.1, -0.05) is 26.7 Å². The van der Waals surface area contributed by atoms with E-state index in [2.05, 4.69) is 18.7 Å². The summed E-state index contributed by atoms with van der Waals surface area (Å²) in [4.78, 5) is 2.26. The molecule has 0 aromatic heterocycles. The average Bonchev–Trinajstić information content (AvgIpc) is 2.74. The van der Waals surface area contributed by atoms with E-state index >= 15 is 0 Å². The first-order valence-corrected chi connectivity index (χ1v) is 9.09. The molecule has 1 aliphatic heterocycles. The first-order chi connectivity index (χ1) is 12.0. The lowest BCUT2D eigenvalue weighted by Gasteiger charge is -2.35. The number of halogens is 2. The predicted molar refractivity (Wildman–Crippen MR) is 92.8 cm³/mol. The molecule has 1 aliphatic rings. The highest BCUT2D eigenvalue weighted by Gasteiger charge is 2.35. The van der Waals surface area contributed by atoms with Gasteiger partial charge >= 0.3 is 0 Å². The highest BCUT2D eigenvalue weighted by atomic mass is 19.1. The summed E-state index contributed by atoms with van der Waals surface area (Å²) in [5.74, 6) is -1.33. The molecule has 0 saturated carbocycles. The summed E-state index contributed by atoms with van der Waals surface area (Å²) in [6.07, 6.45) is 4.30. The third kappa shape index (κ3) is 6.20. The van der Waals surface area contributed by atoms with Crippen LogP contribution in [-0.4, -0.2) is 54.6 Å². The van der Waals surface area contributed by atoms with Crippen molar-refractivity contribution in [1.82, 2.24) is 4.90 Å². The molecule has 1 aromatic carbocycles. The van der Waals surface area contributed by atoms with E-state index in [9.17, 15) is 13.9 Å². The predicted octanol–water partition coefficient (Wildman–Crippen LogP) is 3.38. The first-order valence-electron chi connectivity index (χ1n) is 9.09. The van der Waals surface area contributed by atoms with Crippen LogP contribution in [0, 0.1) is 11.6 Å². The number of hydrogen-bond donors (Lipinski definition) is 1. The fourth-order valence-corrected chi connectivity index (χ4v) is 3.35. The van der Waals surface area contributed by atoms with Gasteiger partial charge in [0.1, 0.15) is 29.6 Å². The molecule has 0 aliphatic carbocycles. The fraction of sp³-hybridized carbons (Fsp3) is 0.684. The zero-order valence-electron chi connectivity index (χ0n) is 15.1. The normalized spacial score (nSPS) is 22.2. The topological polar surface area (TPSA) is 41.9 Å². The molecular formula is C19H29F2NO3. The van der Waals surface area contributed by atoms with Crippen LogP contribution in [-0.2, 0) is 4.74 Å². The maximum atomic E-state index is 13.3. The van der Waals surface area contributed by atoms with Gasteiger partial charge in [-0.3, -0.25) is 4.90 Å². The third-order valence-electron chi connectivity index (χ3n) is 4.49. The molecule has 1 fully saturated rings. The Labute approximate surface area is 148 Å². The minimum atomic E-state index is -1.21. The second-order valence-corrected chi connectivity index (χ2v) is 6.87. The van der Waals surface area contributed by atoms with Gasteiger partial charge in [0.2, 0.25) is 0 Å². The van der Waals surface area contributed by atoms with E-state index in [0.717, 1.165) is 50.4 Å². The Bertz CT molecular complexity index is 517. The molecule has 1 heterocycles. The number of rotatable bonds is 8. The lowest BCUT2D eigenvalue weighted by Crippen LogP contribution is -2.51. The maximum absolute atomic E-state index is 13.3. The van der Waals surface area contributed by atoms with Crippen molar-refractivity contribution < 1.29 is 23.4 Å². The molecule has 6 heteroatoms. The molecule has 0 bridgehead atoms. The SMILES string of the molecule is CCCC(CCC)N1CCOCC(O)(COc2cc(F)cc(F)c2)C1. The van der Waals surface area contributed by atoms with E-state index < -0.39 is 17.2 Å². The molecule has 1 saturated heterocycles. The molecule has 1 atom stereocenters. The van der Waals surface area contributed by atoms with E-state index in [1.807, 2.05) is 0 Å². The summed E-state index contributed by atoms with van der Waals surface area (Å²) in [5, 5.41) is 10.9. The van der Waals surface area contributed by atoms with Crippen LogP contribution >= 0.6 is 0 Å². The molecule has 2 rings (SSSR count). The summed E-state index contributed by atoms with van der Waals surface area (Å²) in [6, 6.07) is 3.41. The molecule has 0 spiro atoms. The van der Waals surface area contributed by atoms with Gasteiger partial charge in [0.25, 0.3) is 0 Å². The van der Waals surface area contributed by atoms with Crippen LogP contribution in [0.1, 0.15) is 39.5 Å². The van der Waals surface area contributed by atoms with Crippen LogP contribution in [0.3, 0.4) is 0 Å². The van der Waals surface area contributed by atoms with E-state index in [1.165, 1.54) is 0 Å². The van der Waals surface area contributed by atoms with Crippen LogP contribution in [0.4, 0.5) is 8.78 Å². The first kappa shape index (κ1) is 20.1. The second kappa shape index (κ2) is 9.46. The van der Waals surface area contributed by atoms with Crippen molar-refractivity contribution in [2.45, 2.75) is 51.2 Å². The minimum Gasteiger partial charge on any atom is -0.490 e. The fourth-order valence-electron chi connectivity index (χ4n) is 3.35. The Kier molecular flexibility index (Phi) is 7.59. The van der Waals surface area contributed by atoms with Gasteiger partial charge in [0, 0.05) is 37.3 Å². The summed E-state index contributed by atoms with van der Waals surface area (Å²) < 4.78 is 37.6. The zero-order chi connectivity index (χ0) is 18.3. The van der Waals surface area contributed by atoms with E-state index in [4.69, 9.17) is 9.47 Å². The molecule has 1 aromatic rings. The van der Waals surface area contributed by atoms with Crippen molar-refractivity contribution in [1.29, 1.82) is 0 Å². The third-order valence-corrected chi connectivity index (χ3v) is 4.49. The van der Waals surface area contributed by atoms with Gasteiger partial charge in [0.05, 0.1) is 13.2 Å². The van der Waals surface area contributed by atoms with E-state index in [0.29, 0.717) is 19.2 Å². The quantitative estimate of drug-likeness (QED) is 0.775. The number of hydrogen-bond acceptors (Lipinski definition) is 4. The minimum absolute atomic E-state index is 0.0698. The summed E-state index contributed by atoms with van der Waals surface area (Å²) in [6.45, 7) is 6.14. The smallest absolute Gasteiger partial charge is 0.134 e. The lowest BCUT2D eigenvalue weighted by atomic mass is 10.0. The number of aliphatic hydroxyl groups is 1. The van der Waals surface area contributed by atoms with E-state index in [1.54, 1.807) is 0 Å². The van der Waals surface area contributed by atoms with Crippen LogP contribution in [0.2, 0.25) is 0 Å². The van der Waals surface area contributed by atoms with Gasteiger partial charge < -0.3 is 14.6 Å². The summed E-state index contributed by atoms with van der Waals surface area (Å²) in [7, 11) is 0. The molecule has 142 valence electrons. The van der Waals surface area contributed by atoms with Crippen LogP contribution in [0.15, 0.2) is 18.2 Å². The standard InChI is InChI=1S/C19H29F2NO3/c1-3-5-17(6-4-2)22-7-8-24-13-19(23,12-22)14-25-18-10-15(20)9-16(21)11-18/h9-11,17,23H,3-8,12-14H2,1-2H3. The molecular weight excluding hydrogens is 328 g/mol. The van der Waals surface area contributed by atoms with Gasteiger partial charge in [-0.05, 0) is 12.8 Å². The van der Waals surface area contributed by atoms with Crippen molar-refractivity contribution in [3.05, 3.63) is 29.8 Å². The Hall–Kier alpha value is -1.24. The number of ether oxygens (including phenoxy) is 2. The van der Waals surface area contributed by atoms with Crippen LogP contribution < -0.4 is 4.74 Å². The van der Waals surface area contributed by atoms with Crippen LogP contribution in [0.25, 0.3) is 0 Å². The molecule has 25 heavy (non-hydrogen) atoms. The van der Waals surface area contributed by atoms with Gasteiger partial charge in [-0.2, -0.15) is 0 Å². The van der Waals surface area contributed by atoms with Crippen LogP contribution in [0.5, 0.6) is 5.75 Å². The van der Waals surface area contributed by atoms with Crippen molar-refractivity contribution in [3.8, 4) is 5.75 Å². The molecule has 0 amide bonds. The highest BCUT2D eigenvalue weighted by Crippen LogP contribution is 2.22. The lowest BCUT2D eigenvalue weighted by molar-refractivity contribution is -0.0677. The van der Waals surface area contributed by atoms with Crippen molar-refractivity contribution >= 4 is 0 Å².